The van der Waals surface area contributed by atoms with Crippen LogP contribution in [0.15, 0.2) is 12.2 Å². The first-order valence-corrected chi connectivity index (χ1v) is 4.56. The van der Waals surface area contributed by atoms with Gasteiger partial charge in [0, 0.05) is 12.8 Å². The predicted molar refractivity (Wildman–Crippen MR) is 46.5 cm³/mol. The maximum Gasteiger partial charge on any atom is 0.132 e. The Morgan fingerprint density at radius 1 is 0.909 bits per heavy atom. The Kier molecular flexibility index (Phi) is 3.95. The van der Waals surface area contributed by atoms with Gasteiger partial charge in [-0.3, -0.25) is 4.79 Å². The zero-order chi connectivity index (χ0) is 7.94. The molecule has 0 saturated heterocycles. The van der Waals surface area contributed by atoms with Crippen molar-refractivity contribution in [2.75, 3.05) is 0 Å². The Bertz CT molecular complexity index is 147. The Morgan fingerprint density at radius 3 is 2.36 bits per heavy atom. The molecule has 0 saturated carbocycles. The first-order chi connectivity index (χ1) is 5.39. The Balaban J connectivity index is 2.28. The summed E-state index contributed by atoms with van der Waals surface area (Å²) >= 11 is 0. The van der Waals surface area contributed by atoms with Crippen LogP contribution in [0.2, 0.25) is 0 Å². The first-order valence-electron chi connectivity index (χ1n) is 4.56. The molecule has 0 aliphatic heterocycles. The summed E-state index contributed by atoms with van der Waals surface area (Å²) in [6, 6.07) is 0. The highest BCUT2D eigenvalue weighted by molar-refractivity contribution is 5.78. The summed E-state index contributed by atoms with van der Waals surface area (Å²) in [5.41, 5.74) is 0. The van der Waals surface area contributed by atoms with E-state index in [9.17, 15) is 4.79 Å². The van der Waals surface area contributed by atoms with Gasteiger partial charge in [-0.15, -0.1) is 0 Å². The summed E-state index contributed by atoms with van der Waals surface area (Å²) in [5, 5.41) is 0. The lowest BCUT2D eigenvalue weighted by Gasteiger charge is -2.01. The predicted octanol–water partition coefficient (Wildman–Crippen LogP) is 2.86. The van der Waals surface area contributed by atoms with Gasteiger partial charge in [0.1, 0.15) is 5.78 Å². The molecule has 0 aromatic heterocycles. The van der Waals surface area contributed by atoms with Gasteiger partial charge in [-0.05, 0) is 32.1 Å². The summed E-state index contributed by atoms with van der Waals surface area (Å²) in [4.78, 5) is 11.1. The third-order valence-corrected chi connectivity index (χ3v) is 2.07. The van der Waals surface area contributed by atoms with E-state index >= 15 is 0 Å². The van der Waals surface area contributed by atoms with Crippen molar-refractivity contribution < 1.29 is 4.79 Å². The van der Waals surface area contributed by atoms with Crippen molar-refractivity contribution in [1.29, 1.82) is 0 Å². The molecule has 0 bridgehead atoms. The monoisotopic (exact) mass is 152 g/mol. The molecular formula is C10H16O. The fourth-order valence-corrected chi connectivity index (χ4v) is 1.36. The minimum Gasteiger partial charge on any atom is -0.300 e. The van der Waals surface area contributed by atoms with Crippen LogP contribution in [0.5, 0.6) is 0 Å². The van der Waals surface area contributed by atoms with E-state index < -0.39 is 0 Å². The van der Waals surface area contributed by atoms with Crippen molar-refractivity contribution in [2.45, 2.75) is 44.9 Å². The standard InChI is InChI=1S/C10H16O/c11-10-8-6-4-2-1-3-5-7-9-10/h1-2H,3-9H2. The van der Waals surface area contributed by atoms with Crippen LogP contribution < -0.4 is 0 Å². The molecule has 62 valence electrons. The Hall–Kier alpha value is -0.590. The number of Topliss-reactive ketones (excluding diaryl/α,β-unsaturated/α-hetero) is 1. The number of ketones is 1. The van der Waals surface area contributed by atoms with Gasteiger partial charge < -0.3 is 0 Å². The van der Waals surface area contributed by atoms with Crippen molar-refractivity contribution in [3.63, 3.8) is 0 Å². The number of carbonyl (C=O) groups is 1. The van der Waals surface area contributed by atoms with E-state index in [-0.39, 0.29) is 0 Å². The molecule has 0 radical (unpaired) electrons. The molecule has 1 rings (SSSR count). The first kappa shape index (κ1) is 8.51. The van der Waals surface area contributed by atoms with Gasteiger partial charge in [0.25, 0.3) is 0 Å². The van der Waals surface area contributed by atoms with Gasteiger partial charge in [-0.25, -0.2) is 0 Å². The smallest absolute Gasteiger partial charge is 0.132 e. The minimum absolute atomic E-state index is 0.459. The van der Waals surface area contributed by atoms with Crippen molar-refractivity contribution >= 4 is 5.78 Å². The average Bonchev–Trinajstić information content (AvgIpc) is 2.03. The number of carbonyl (C=O) groups excluding carboxylic acids is 1. The largest absolute Gasteiger partial charge is 0.300 e. The van der Waals surface area contributed by atoms with Gasteiger partial charge in [0.15, 0.2) is 0 Å². The zero-order valence-corrected chi connectivity index (χ0v) is 7.01. The lowest BCUT2D eigenvalue weighted by molar-refractivity contribution is -0.119. The molecule has 0 unspecified atom stereocenters. The normalized spacial score (nSPS) is 21.6. The molecule has 0 atom stereocenters. The minimum atomic E-state index is 0.459. The van der Waals surface area contributed by atoms with Crippen LogP contribution in [0.3, 0.4) is 0 Å². The van der Waals surface area contributed by atoms with Crippen LogP contribution in [0.4, 0.5) is 0 Å². The number of allylic oxidation sites excluding steroid dienone is 2. The molecule has 11 heavy (non-hydrogen) atoms. The van der Waals surface area contributed by atoms with E-state index in [0.29, 0.717) is 5.78 Å². The fourth-order valence-electron chi connectivity index (χ4n) is 1.36. The van der Waals surface area contributed by atoms with E-state index in [4.69, 9.17) is 0 Å². The zero-order valence-electron chi connectivity index (χ0n) is 7.01. The molecular weight excluding hydrogens is 136 g/mol. The molecule has 1 heteroatoms. The van der Waals surface area contributed by atoms with Gasteiger partial charge in [-0.1, -0.05) is 12.2 Å². The van der Waals surface area contributed by atoms with Gasteiger partial charge in [0.2, 0.25) is 0 Å². The lowest BCUT2D eigenvalue weighted by atomic mass is 10.0. The van der Waals surface area contributed by atoms with E-state index in [1.165, 1.54) is 6.42 Å². The van der Waals surface area contributed by atoms with Crippen LogP contribution in [-0.4, -0.2) is 5.78 Å². The molecule has 0 aromatic carbocycles. The summed E-state index contributed by atoms with van der Waals surface area (Å²) in [6.45, 7) is 0. The summed E-state index contributed by atoms with van der Waals surface area (Å²) < 4.78 is 0. The van der Waals surface area contributed by atoms with Crippen molar-refractivity contribution in [3.8, 4) is 0 Å². The van der Waals surface area contributed by atoms with Crippen LogP contribution >= 0.6 is 0 Å². The maximum absolute atomic E-state index is 11.1. The fraction of sp³-hybridized carbons (Fsp3) is 0.700. The molecule has 1 aliphatic rings. The van der Waals surface area contributed by atoms with Gasteiger partial charge in [-0.2, -0.15) is 0 Å². The molecule has 0 N–H and O–H groups in total. The second-order valence-electron chi connectivity index (χ2n) is 3.15. The molecule has 0 heterocycles. The van der Waals surface area contributed by atoms with Crippen LogP contribution in [0, 0.1) is 0 Å². The van der Waals surface area contributed by atoms with E-state index in [1.54, 1.807) is 0 Å². The van der Waals surface area contributed by atoms with E-state index in [0.717, 1.165) is 38.5 Å². The van der Waals surface area contributed by atoms with Crippen LogP contribution in [0.1, 0.15) is 44.9 Å². The van der Waals surface area contributed by atoms with E-state index in [1.807, 2.05) is 0 Å². The summed E-state index contributed by atoms with van der Waals surface area (Å²) in [6.07, 6.45) is 11.6. The highest BCUT2D eigenvalue weighted by Gasteiger charge is 2.01. The number of hydrogen-bond donors (Lipinski definition) is 0. The Morgan fingerprint density at radius 2 is 1.55 bits per heavy atom. The van der Waals surface area contributed by atoms with Gasteiger partial charge in [0.05, 0.1) is 0 Å². The quantitative estimate of drug-likeness (QED) is 0.488. The molecule has 1 aliphatic carbocycles. The highest BCUT2D eigenvalue weighted by atomic mass is 16.1. The second kappa shape index (κ2) is 5.11. The summed E-state index contributed by atoms with van der Waals surface area (Å²) in [7, 11) is 0. The lowest BCUT2D eigenvalue weighted by Crippen LogP contribution is -1.97. The van der Waals surface area contributed by atoms with Crippen molar-refractivity contribution in [2.24, 2.45) is 0 Å². The van der Waals surface area contributed by atoms with Crippen LogP contribution in [0.25, 0.3) is 0 Å². The topological polar surface area (TPSA) is 17.1 Å². The molecule has 0 fully saturated rings. The number of hydrogen-bond acceptors (Lipinski definition) is 1. The van der Waals surface area contributed by atoms with Gasteiger partial charge >= 0.3 is 0 Å². The molecule has 0 amide bonds. The SMILES string of the molecule is O=C1CCCC=CCCCC1. The Labute approximate surface area is 68.5 Å². The second-order valence-corrected chi connectivity index (χ2v) is 3.15. The number of rotatable bonds is 0. The summed E-state index contributed by atoms with van der Waals surface area (Å²) in [5.74, 6) is 0.459. The van der Waals surface area contributed by atoms with Crippen molar-refractivity contribution in [1.82, 2.24) is 0 Å². The maximum atomic E-state index is 11.1. The third kappa shape index (κ3) is 3.97. The highest BCUT2D eigenvalue weighted by Crippen LogP contribution is 2.09. The average molecular weight is 152 g/mol. The molecule has 0 spiro atoms. The molecule has 0 aromatic rings. The van der Waals surface area contributed by atoms with Crippen molar-refractivity contribution in [3.05, 3.63) is 12.2 Å². The third-order valence-electron chi connectivity index (χ3n) is 2.07. The van der Waals surface area contributed by atoms with Crippen LogP contribution in [-0.2, 0) is 4.79 Å². The van der Waals surface area contributed by atoms with E-state index in [2.05, 4.69) is 12.2 Å². The molecule has 1 nitrogen and oxygen atoms in total.